The van der Waals surface area contributed by atoms with Crippen LogP contribution in [-0.4, -0.2) is 32.3 Å². The molecule has 0 spiro atoms. The number of ether oxygens (including phenoxy) is 1. The Labute approximate surface area is 74.7 Å². The lowest BCUT2D eigenvalue weighted by Gasteiger charge is -2.27. The minimum Gasteiger partial charge on any atom is -0.380 e. The molecule has 3 N–H and O–H groups in total. The number of methoxy groups -OCH3 is 1. The third-order valence-electron chi connectivity index (χ3n) is 2.60. The molecular formula is C9H20N2O. The summed E-state index contributed by atoms with van der Waals surface area (Å²) in [4.78, 5) is 0. The van der Waals surface area contributed by atoms with Gasteiger partial charge in [-0.1, -0.05) is 6.42 Å². The van der Waals surface area contributed by atoms with E-state index in [1.54, 1.807) is 7.11 Å². The first-order valence-corrected chi connectivity index (χ1v) is 4.83. The molecule has 3 nitrogen and oxygen atoms in total. The lowest BCUT2D eigenvalue weighted by atomic mass is 9.93. The highest BCUT2D eigenvalue weighted by molar-refractivity contribution is 4.76. The van der Waals surface area contributed by atoms with E-state index in [9.17, 15) is 0 Å². The summed E-state index contributed by atoms with van der Waals surface area (Å²) >= 11 is 0. The van der Waals surface area contributed by atoms with Crippen molar-refractivity contribution in [1.82, 2.24) is 5.32 Å². The maximum Gasteiger partial charge on any atom is 0.0705 e. The first-order valence-electron chi connectivity index (χ1n) is 4.83. The molecule has 72 valence electrons. The number of rotatable bonds is 6. The zero-order valence-corrected chi connectivity index (χ0v) is 7.88. The van der Waals surface area contributed by atoms with Gasteiger partial charge in [0.05, 0.1) is 6.10 Å². The highest BCUT2D eigenvalue weighted by atomic mass is 16.5. The summed E-state index contributed by atoms with van der Waals surface area (Å²) in [5.41, 5.74) is 5.49. The van der Waals surface area contributed by atoms with E-state index in [0.717, 1.165) is 19.0 Å². The van der Waals surface area contributed by atoms with E-state index < -0.39 is 0 Å². The van der Waals surface area contributed by atoms with Crippen LogP contribution in [0.25, 0.3) is 0 Å². The minimum absolute atomic E-state index is 0.234. The molecule has 1 unspecified atom stereocenters. The Kier molecular flexibility index (Phi) is 4.58. The first-order chi connectivity index (χ1) is 5.86. The third kappa shape index (κ3) is 3.09. The van der Waals surface area contributed by atoms with Gasteiger partial charge in [-0.2, -0.15) is 0 Å². The van der Waals surface area contributed by atoms with Crippen LogP contribution in [0.1, 0.15) is 25.7 Å². The molecular weight excluding hydrogens is 152 g/mol. The molecule has 0 bridgehead atoms. The summed E-state index contributed by atoms with van der Waals surface area (Å²) < 4.78 is 5.17. The van der Waals surface area contributed by atoms with Crippen molar-refractivity contribution in [2.24, 2.45) is 5.73 Å². The molecule has 3 heteroatoms. The Morgan fingerprint density at radius 3 is 2.75 bits per heavy atom. The minimum atomic E-state index is 0.234. The average molecular weight is 172 g/mol. The molecule has 0 aromatic heterocycles. The van der Waals surface area contributed by atoms with Crippen LogP contribution in [0.15, 0.2) is 0 Å². The van der Waals surface area contributed by atoms with Crippen LogP contribution in [0.4, 0.5) is 0 Å². The molecule has 1 atom stereocenters. The van der Waals surface area contributed by atoms with Gasteiger partial charge in [0, 0.05) is 19.7 Å². The predicted molar refractivity (Wildman–Crippen MR) is 50.1 cm³/mol. The third-order valence-corrected chi connectivity index (χ3v) is 2.60. The normalized spacial score (nSPS) is 20.5. The van der Waals surface area contributed by atoms with Crippen molar-refractivity contribution in [2.75, 3.05) is 20.2 Å². The van der Waals surface area contributed by atoms with E-state index >= 15 is 0 Å². The van der Waals surface area contributed by atoms with Crippen molar-refractivity contribution in [2.45, 2.75) is 37.8 Å². The van der Waals surface area contributed by atoms with Gasteiger partial charge in [0.2, 0.25) is 0 Å². The Morgan fingerprint density at radius 1 is 1.58 bits per heavy atom. The van der Waals surface area contributed by atoms with Crippen LogP contribution in [0.3, 0.4) is 0 Å². The van der Waals surface area contributed by atoms with Crippen LogP contribution >= 0.6 is 0 Å². The summed E-state index contributed by atoms with van der Waals surface area (Å²) in [5.74, 6) is 0. The van der Waals surface area contributed by atoms with Crippen molar-refractivity contribution < 1.29 is 4.74 Å². The highest BCUT2D eigenvalue weighted by Gasteiger charge is 2.16. The predicted octanol–water partition coefficient (Wildman–Crippen LogP) is 0.492. The molecule has 12 heavy (non-hydrogen) atoms. The summed E-state index contributed by atoms with van der Waals surface area (Å²) in [7, 11) is 1.72. The molecule has 0 aromatic carbocycles. The zero-order valence-electron chi connectivity index (χ0n) is 7.88. The molecule has 0 heterocycles. The van der Waals surface area contributed by atoms with Crippen LogP contribution < -0.4 is 11.1 Å². The largest absolute Gasteiger partial charge is 0.380 e. The lowest BCUT2D eigenvalue weighted by Crippen LogP contribution is -2.37. The molecule has 0 radical (unpaired) electrons. The molecule has 1 aliphatic rings. The lowest BCUT2D eigenvalue weighted by molar-refractivity contribution is 0.100. The second-order valence-corrected chi connectivity index (χ2v) is 3.46. The van der Waals surface area contributed by atoms with Crippen molar-refractivity contribution in [1.29, 1.82) is 0 Å². The van der Waals surface area contributed by atoms with Gasteiger partial charge in [-0.25, -0.2) is 0 Å². The maximum absolute atomic E-state index is 5.49. The zero-order chi connectivity index (χ0) is 8.81. The van der Waals surface area contributed by atoms with Crippen LogP contribution in [0.2, 0.25) is 0 Å². The van der Waals surface area contributed by atoms with E-state index in [4.69, 9.17) is 10.5 Å². The van der Waals surface area contributed by atoms with Gasteiger partial charge in [-0.05, 0) is 25.8 Å². The quantitative estimate of drug-likeness (QED) is 0.613. The standard InChI is InChI=1S/C9H20N2O/c1-12-9(7-10)5-6-11-8-3-2-4-8/h8-9,11H,2-7,10H2,1H3. The smallest absolute Gasteiger partial charge is 0.0705 e. The van der Waals surface area contributed by atoms with E-state index in [-0.39, 0.29) is 6.10 Å². The molecule has 0 aromatic rings. The second-order valence-electron chi connectivity index (χ2n) is 3.46. The second kappa shape index (κ2) is 5.51. The van der Waals surface area contributed by atoms with Crippen LogP contribution in [-0.2, 0) is 4.74 Å². The molecule has 1 fully saturated rings. The van der Waals surface area contributed by atoms with Crippen molar-refractivity contribution in [3.05, 3.63) is 0 Å². The number of hydrogen-bond donors (Lipinski definition) is 2. The van der Waals surface area contributed by atoms with Crippen LogP contribution in [0, 0.1) is 0 Å². The summed E-state index contributed by atoms with van der Waals surface area (Å²) in [5, 5.41) is 3.48. The SMILES string of the molecule is COC(CN)CCNC1CCC1. The highest BCUT2D eigenvalue weighted by Crippen LogP contribution is 2.17. The fraction of sp³-hybridized carbons (Fsp3) is 1.00. The van der Waals surface area contributed by atoms with Gasteiger partial charge in [0.1, 0.15) is 0 Å². The Bertz CT molecular complexity index is 111. The topological polar surface area (TPSA) is 47.3 Å². The fourth-order valence-electron chi connectivity index (χ4n) is 1.39. The van der Waals surface area contributed by atoms with Gasteiger partial charge in [-0.15, -0.1) is 0 Å². The monoisotopic (exact) mass is 172 g/mol. The average Bonchev–Trinajstić information content (AvgIpc) is 2.02. The van der Waals surface area contributed by atoms with Gasteiger partial charge in [-0.3, -0.25) is 0 Å². The molecule has 1 saturated carbocycles. The Balaban J connectivity index is 1.92. The van der Waals surface area contributed by atoms with Crippen molar-refractivity contribution >= 4 is 0 Å². The summed E-state index contributed by atoms with van der Waals surface area (Å²) in [6.07, 6.45) is 5.35. The molecule has 0 amide bonds. The van der Waals surface area contributed by atoms with Gasteiger partial charge >= 0.3 is 0 Å². The van der Waals surface area contributed by atoms with E-state index in [1.807, 2.05) is 0 Å². The molecule has 1 aliphatic carbocycles. The van der Waals surface area contributed by atoms with E-state index in [2.05, 4.69) is 5.32 Å². The number of nitrogens with one attached hydrogen (secondary N) is 1. The Hall–Kier alpha value is -0.120. The molecule has 0 aliphatic heterocycles. The summed E-state index contributed by atoms with van der Waals surface area (Å²) in [6.45, 7) is 1.67. The molecule has 0 saturated heterocycles. The van der Waals surface area contributed by atoms with Gasteiger partial charge < -0.3 is 15.8 Å². The fourth-order valence-corrected chi connectivity index (χ4v) is 1.39. The Morgan fingerprint density at radius 2 is 2.33 bits per heavy atom. The first kappa shape index (κ1) is 9.96. The van der Waals surface area contributed by atoms with Gasteiger partial charge in [0.15, 0.2) is 0 Å². The summed E-state index contributed by atoms with van der Waals surface area (Å²) in [6, 6.07) is 0.778. The number of hydrogen-bond acceptors (Lipinski definition) is 3. The van der Waals surface area contributed by atoms with Crippen molar-refractivity contribution in [3.63, 3.8) is 0 Å². The van der Waals surface area contributed by atoms with E-state index in [0.29, 0.717) is 6.54 Å². The number of nitrogens with two attached hydrogens (primary N) is 1. The van der Waals surface area contributed by atoms with Gasteiger partial charge in [0.25, 0.3) is 0 Å². The van der Waals surface area contributed by atoms with E-state index in [1.165, 1.54) is 19.3 Å². The maximum atomic E-state index is 5.49. The van der Waals surface area contributed by atoms with Crippen molar-refractivity contribution in [3.8, 4) is 0 Å². The molecule has 1 rings (SSSR count). The van der Waals surface area contributed by atoms with Crippen LogP contribution in [0.5, 0.6) is 0 Å².